The molecule has 0 radical (unpaired) electrons. The third-order valence-electron chi connectivity index (χ3n) is 3.05. The third kappa shape index (κ3) is 6.08. The minimum atomic E-state index is -0.620. The zero-order valence-electron chi connectivity index (χ0n) is 12.6. The van der Waals surface area contributed by atoms with Crippen LogP contribution in [0.3, 0.4) is 0 Å². The summed E-state index contributed by atoms with van der Waals surface area (Å²) in [5, 5.41) is 5.48. The molecule has 6 heteroatoms. The highest BCUT2D eigenvalue weighted by Gasteiger charge is 2.21. The summed E-state index contributed by atoms with van der Waals surface area (Å²) in [5.74, 6) is 0.348. The average molecular weight is 310 g/mol. The number of carbonyl (C=O) groups is 2. The molecule has 2 amide bonds. The summed E-state index contributed by atoms with van der Waals surface area (Å²) < 4.78 is 4.71. The molecule has 1 aromatic carbocycles. The number of esters is 1. The van der Waals surface area contributed by atoms with Crippen molar-refractivity contribution >= 4 is 23.8 Å². The summed E-state index contributed by atoms with van der Waals surface area (Å²) in [6, 6.07) is 8.51. The van der Waals surface area contributed by atoms with Crippen LogP contribution in [0.15, 0.2) is 30.3 Å². The first kappa shape index (κ1) is 17.4. The van der Waals surface area contributed by atoms with Crippen molar-refractivity contribution in [1.82, 2.24) is 10.6 Å². The van der Waals surface area contributed by atoms with Gasteiger partial charge in [0, 0.05) is 0 Å². The fraction of sp³-hybridized carbons (Fsp3) is 0.467. The average Bonchev–Trinajstić information content (AvgIpc) is 2.51. The second kappa shape index (κ2) is 9.28. The molecule has 0 aromatic heterocycles. The van der Waals surface area contributed by atoms with E-state index in [9.17, 15) is 9.59 Å². The summed E-state index contributed by atoms with van der Waals surface area (Å²) in [7, 11) is 1.32. The van der Waals surface area contributed by atoms with Gasteiger partial charge in [0.05, 0.1) is 13.2 Å². The molecule has 116 valence electrons. The van der Waals surface area contributed by atoms with Crippen molar-refractivity contribution in [2.24, 2.45) is 0 Å². The fourth-order valence-electron chi connectivity index (χ4n) is 1.85. The minimum Gasteiger partial charge on any atom is -0.467 e. The van der Waals surface area contributed by atoms with Gasteiger partial charge in [0.2, 0.25) is 0 Å². The van der Waals surface area contributed by atoms with E-state index in [1.54, 1.807) is 11.8 Å². The molecular weight excluding hydrogens is 288 g/mol. The molecular formula is C15H22N2O3S. The van der Waals surface area contributed by atoms with Gasteiger partial charge in [0.15, 0.2) is 0 Å². The highest BCUT2D eigenvalue weighted by molar-refractivity contribution is 7.98. The predicted octanol–water partition coefficient (Wildman–Crippen LogP) is 2.34. The molecule has 0 bridgehead atoms. The van der Waals surface area contributed by atoms with E-state index in [2.05, 4.69) is 10.6 Å². The van der Waals surface area contributed by atoms with Gasteiger partial charge in [0.25, 0.3) is 0 Å². The van der Waals surface area contributed by atoms with Crippen LogP contribution < -0.4 is 10.6 Å². The van der Waals surface area contributed by atoms with Crippen LogP contribution in [0, 0.1) is 0 Å². The number of thioether (sulfide) groups is 1. The van der Waals surface area contributed by atoms with E-state index in [0.717, 1.165) is 11.3 Å². The third-order valence-corrected chi connectivity index (χ3v) is 3.69. The van der Waals surface area contributed by atoms with Gasteiger partial charge in [-0.1, -0.05) is 30.3 Å². The molecule has 0 heterocycles. The van der Waals surface area contributed by atoms with Crippen LogP contribution in [-0.4, -0.2) is 37.2 Å². The van der Waals surface area contributed by atoms with Crippen molar-refractivity contribution < 1.29 is 14.3 Å². The topological polar surface area (TPSA) is 67.4 Å². The maximum absolute atomic E-state index is 12.0. The Morgan fingerprint density at radius 3 is 2.48 bits per heavy atom. The molecule has 0 saturated carbocycles. The predicted molar refractivity (Wildman–Crippen MR) is 85.3 cm³/mol. The quantitative estimate of drug-likeness (QED) is 0.759. The molecule has 1 rings (SSSR count). The first-order valence-corrected chi connectivity index (χ1v) is 8.16. The van der Waals surface area contributed by atoms with E-state index >= 15 is 0 Å². The maximum Gasteiger partial charge on any atom is 0.328 e. The largest absolute Gasteiger partial charge is 0.467 e. The number of nitrogens with one attached hydrogen (secondary N) is 2. The zero-order chi connectivity index (χ0) is 15.7. The van der Waals surface area contributed by atoms with E-state index in [1.807, 2.05) is 43.5 Å². The molecule has 0 aliphatic carbocycles. The number of benzene rings is 1. The Kier molecular flexibility index (Phi) is 7.68. The van der Waals surface area contributed by atoms with Crippen molar-refractivity contribution in [2.75, 3.05) is 19.1 Å². The lowest BCUT2D eigenvalue weighted by atomic mass is 10.1. The first-order valence-electron chi connectivity index (χ1n) is 6.77. The molecule has 0 fully saturated rings. The van der Waals surface area contributed by atoms with Crippen molar-refractivity contribution in [3.63, 3.8) is 0 Å². The molecule has 21 heavy (non-hydrogen) atoms. The van der Waals surface area contributed by atoms with Crippen LogP contribution in [0.5, 0.6) is 0 Å². The highest BCUT2D eigenvalue weighted by Crippen LogP contribution is 2.11. The summed E-state index contributed by atoms with van der Waals surface area (Å²) >= 11 is 1.62. The number of amides is 2. The van der Waals surface area contributed by atoms with Gasteiger partial charge in [-0.05, 0) is 30.9 Å². The normalized spacial score (nSPS) is 13.1. The Morgan fingerprint density at radius 2 is 1.90 bits per heavy atom. The van der Waals surface area contributed by atoms with Gasteiger partial charge in [-0.3, -0.25) is 0 Å². The second-order valence-electron chi connectivity index (χ2n) is 4.61. The summed E-state index contributed by atoms with van der Waals surface area (Å²) in [5.41, 5.74) is 1.01. The standard InChI is InChI=1S/C15H22N2O3S/c1-11(12-7-5-4-6-8-12)16-15(19)17-13(9-10-21-3)14(18)20-2/h4-8,11,13H,9-10H2,1-3H3,(H2,16,17,19)/t11?,13-/m0/s1. The van der Waals surface area contributed by atoms with Gasteiger partial charge in [-0.2, -0.15) is 11.8 Å². The fourth-order valence-corrected chi connectivity index (χ4v) is 2.32. The number of ether oxygens (including phenoxy) is 1. The van der Waals surface area contributed by atoms with Gasteiger partial charge >= 0.3 is 12.0 Å². The Hall–Kier alpha value is -1.69. The molecule has 0 aliphatic rings. The van der Waals surface area contributed by atoms with Crippen molar-refractivity contribution in [3.05, 3.63) is 35.9 Å². The van der Waals surface area contributed by atoms with Crippen LogP contribution in [0.25, 0.3) is 0 Å². The molecule has 5 nitrogen and oxygen atoms in total. The lowest BCUT2D eigenvalue weighted by Crippen LogP contribution is -2.47. The molecule has 0 aliphatic heterocycles. The van der Waals surface area contributed by atoms with E-state index in [0.29, 0.717) is 6.42 Å². The van der Waals surface area contributed by atoms with Crippen LogP contribution in [0.2, 0.25) is 0 Å². The molecule has 0 saturated heterocycles. The van der Waals surface area contributed by atoms with Crippen molar-refractivity contribution in [3.8, 4) is 0 Å². The van der Waals surface area contributed by atoms with Crippen molar-refractivity contribution in [2.45, 2.75) is 25.4 Å². The summed E-state index contributed by atoms with van der Waals surface area (Å²) in [6.45, 7) is 1.89. The van der Waals surface area contributed by atoms with Gasteiger partial charge < -0.3 is 15.4 Å². The van der Waals surface area contributed by atoms with Gasteiger partial charge in [0.1, 0.15) is 6.04 Å². The molecule has 0 spiro atoms. The lowest BCUT2D eigenvalue weighted by molar-refractivity contribution is -0.142. The SMILES string of the molecule is COC(=O)[C@H](CCSC)NC(=O)NC(C)c1ccccc1. The van der Waals surface area contributed by atoms with Crippen LogP contribution >= 0.6 is 11.8 Å². The highest BCUT2D eigenvalue weighted by atomic mass is 32.2. The minimum absolute atomic E-state index is 0.134. The number of hydrogen-bond acceptors (Lipinski definition) is 4. The molecule has 1 aromatic rings. The Bertz CT molecular complexity index is 453. The summed E-state index contributed by atoms with van der Waals surface area (Å²) in [4.78, 5) is 23.6. The van der Waals surface area contributed by atoms with E-state index in [4.69, 9.17) is 4.74 Å². The Balaban J connectivity index is 2.55. The number of carbonyl (C=O) groups excluding carboxylic acids is 2. The summed E-state index contributed by atoms with van der Waals surface area (Å²) in [6.07, 6.45) is 2.49. The molecule has 1 unspecified atom stereocenters. The van der Waals surface area contributed by atoms with Crippen LogP contribution in [-0.2, 0) is 9.53 Å². The van der Waals surface area contributed by atoms with Gasteiger partial charge in [-0.15, -0.1) is 0 Å². The number of urea groups is 1. The van der Waals surface area contributed by atoms with E-state index < -0.39 is 12.0 Å². The monoisotopic (exact) mass is 310 g/mol. The maximum atomic E-state index is 12.0. The number of hydrogen-bond donors (Lipinski definition) is 2. The second-order valence-corrected chi connectivity index (χ2v) is 5.59. The lowest BCUT2D eigenvalue weighted by Gasteiger charge is -2.19. The molecule has 2 N–H and O–H groups in total. The van der Waals surface area contributed by atoms with Crippen LogP contribution in [0.1, 0.15) is 24.9 Å². The molecule has 2 atom stereocenters. The van der Waals surface area contributed by atoms with E-state index in [1.165, 1.54) is 7.11 Å². The smallest absolute Gasteiger partial charge is 0.328 e. The van der Waals surface area contributed by atoms with Crippen LogP contribution in [0.4, 0.5) is 4.79 Å². The number of methoxy groups -OCH3 is 1. The Morgan fingerprint density at radius 1 is 1.24 bits per heavy atom. The zero-order valence-corrected chi connectivity index (χ0v) is 13.4. The Labute approximate surface area is 129 Å². The van der Waals surface area contributed by atoms with E-state index in [-0.39, 0.29) is 12.1 Å². The van der Waals surface area contributed by atoms with Crippen molar-refractivity contribution in [1.29, 1.82) is 0 Å². The van der Waals surface area contributed by atoms with Gasteiger partial charge in [-0.25, -0.2) is 9.59 Å². The first-order chi connectivity index (χ1) is 10.1. The number of rotatable bonds is 7.